The Kier molecular flexibility index (Phi) is 8.98. The zero-order chi connectivity index (χ0) is 32.0. The van der Waals surface area contributed by atoms with E-state index in [2.05, 4.69) is 5.32 Å². The lowest BCUT2D eigenvalue weighted by Crippen LogP contribution is -2.58. The van der Waals surface area contributed by atoms with Crippen LogP contribution in [0.15, 0.2) is 59.5 Å². The summed E-state index contributed by atoms with van der Waals surface area (Å²) in [4.78, 5) is 25.2. The maximum atomic E-state index is 15.8. The van der Waals surface area contributed by atoms with Crippen LogP contribution in [0.5, 0.6) is 0 Å². The standard InChI is InChI=1S/C28H28ClF6N3O4S/c1-17(7-10-24(39)37-15-27(31,32)16-37)36-25(40)26(30)11-12-38(18(2)14-26)43(41,42)23-9-8-19(28(33,34)35)13-21(23)20-5-3-4-6-22(20)29/h3-10,13,17-18H,11-12,14-16H2,1-2H3,(H,36,40)/b10-7+/t17-,18-,26+/m1/s1. The van der Waals surface area contributed by atoms with Crippen molar-refractivity contribution < 1.29 is 44.3 Å². The molecule has 0 saturated carbocycles. The molecule has 0 unspecified atom stereocenters. The lowest BCUT2D eigenvalue weighted by atomic mass is 9.89. The van der Waals surface area contributed by atoms with Crippen LogP contribution in [0.4, 0.5) is 26.3 Å². The Hall–Kier alpha value is -3.10. The first-order valence-electron chi connectivity index (χ1n) is 13.2. The highest BCUT2D eigenvalue weighted by Gasteiger charge is 2.49. The first-order valence-corrected chi connectivity index (χ1v) is 15.0. The van der Waals surface area contributed by atoms with Crippen LogP contribution in [-0.2, 0) is 25.8 Å². The fraction of sp³-hybridized carbons (Fsp3) is 0.429. The highest BCUT2D eigenvalue weighted by Crippen LogP contribution is 2.41. The van der Waals surface area contributed by atoms with Crippen LogP contribution >= 0.6 is 11.6 Å². The number of nitrogens with zero attached hydrogens (tertiary/aromatic N) is 2. The quantitative estimate of drug-likeness (QED) is 0.319. The lowest BCUT2D eigenvalue weighted by molar-refractivity contribution is -0.160. The number of hydrogen-bond donors (Lipinski definition) is 1. The maximum absolute atomic E-state index is 15.8. The summed E-state index contributed by atoms with van der Waals surface area (Å²) in [7, 11) is -4.50. The van der Waals surface area contributed by atoms with Crippen molar-refractivity contribution in [2.24, 2.45) is 0 Å². The largest absolute Gasteiger partial charge is 0.416 e. The molecule has 4 rings (SSSR count). The first kappa shape index (κ1) is 32.8. The van der Waals surface area contributed by atoms with Gasteiger partial charge in [-0.3, -0.25) is 9.59 Å². The number of nitrogens with one attached hydrogen (secondary N) is 1. The molecule has 0 radical (unpaired) electrons. The average Bonchev–Trinajstić information content (AvgIpc) is 2.89. The molecule has 2 aromatic carbocycles. The van der Waals surface area contributed by atoms with Gasteiger partial charge in [-0.15, -0.1) is 0 Å². The van der Waals surface area contributed by atoms with E-state index in [1.165, 1.54) is 44.2 Å². The minimum Gasteiger partial charge on any atom is -0.347 e. The Bertz CT molecular complexity index is 1540. The number of carbonyl (C=O) groups is 2. The van der Waals surface area contributed by atoms with Crippen molar-refractivity contribution in [1.29, 1.82) is 0 Å². The Morgan fingerprint density at radius 1 is 1.09 bits per heavy atom. The predicted molar refractivity (Wildman–Crippen MR) is 147 cm³/mol. The van der Waals surface area contributed by atoms with Gasteiger partial charge >= 0.3 is 6.18 Å². The lowest BCUT2D eigenvalue weighted by Gasteiger charge is -2.40. The molecule has 2 amide bonds. The summed E-state index contributed by atoms with van der Waals surface area (Å²) in [5.41, 5.74) is -3.80. The summed E-state index contributed by atoms with van der Waals surface area (Å²) in [6.45, 7) is 0.937. The van der Waals surface area contributed by atoms with E-state index < -0.39 is 94.6 Å². The molecule has 43 heavy (non-hydrogen) atoms. The maximum Gasteiger partial charge on any atom is 0.416 e. The van der Waals surface area contributed by atoms with Crippen molar-refractivity contribution in [2.75, 3.05) is 19.6 Å². The summed E-state index contributed by atoms with van der Waals surface area (Å²) >= 11 is 6.21. The van der Waals surface area contributed by atoms with Crippen LogP contribution in [0, 0.1) is 0 Å². The fourth-order valence-corrected chi connectivity index (χ4v) is 7.13. The van der Waals surface area contributed by atoms with E-state index in [4.69, 9.17) is 11.6 Å². The van der Waals surface area contributed by atoms with E-state index in [1.54, 1.807) is 0 Å². The topological polar surface area (TPSA) is 86.8 Å². The van der Waals surface area contributed by atoms with Crippen LogP contribution in [0.1, 0.15) is 32.3 Å². The fourth-order valence-electron chi connectivity index (χ4n) is 5.08. The van der Waals surface area contributed by atoms with Crippen molar-refractivity contribution in [3.63, 3.8) is 0 Å². The van der Waals surface area contributed by atoms with E-state index in [1.807, 2.05) is 0 Å². The molecule has 0 spiro atoms. The third kappa shape index (κ3) is 7.01. The van der Waals surface area contributed by atoms with Gasteiger partial charge < -0.3 is 10.2 Å². The molecule has 0 aliphatic carbocycles. The molecule has 2 fully saturated rings. The summed E-state index contributed by atoms with van der Waals surface area (Å²) in [6.07, 6.45) is -3.64. The first-order chi connectivity index (χ1) is 19.8. The highest BCUT2D eigenvalue weighted by molar-refractivity contribution is 7.89. The molecule has 2 aromatic rings. The third-order valence-electron chi connectivity index (χ3n) is 7.35. The minimum absolute atomic E-state index is 0.0251. The number of amides is 2. The Labute approximate surface area is 249 Å². The number of hydrogen-bond acceptors (Lipinski definition) is 4. The number of sulfonamides is 1. The molecule has 15 heteroatoms. The van der Waals surface area contributed by atoms with Gasteiger partial charge in [0.2, 0.25) is 15.9 Å². The van der Waals surface area contributed by atoms with Crippen LogP contribution in [0.25, 0.3) is 11.1 Å². The summed E-state index contributed by atoms with van der Waals surface area (Å²) in [6, 6.07) is 6.07. The number of likely N-dealkylation sites (tertiary alicyclic amines) is 1. The predicted octanol–water partition coefficient (Wildman–Crippen LogP) is 5.45. The van der Waals surface area contributed by atoms with Crippen LogP contribution in [0.2, 0.25) is 5.02 Å². The van der Waals surface area contributed by atoms with E-state index >= 15 is 4.39 Å². The smallest absolute Gasteiger partial charge is 0.347 e. The van der Waals surface area contributed by atoms with Crippen molar-refractivity contribution in [3.8, 4) is 11.1 Å². The SMILES string of the molecule is C[C@H](/C=C/C(=O)N1CC(F)(F)C1)NC(=O)[C@]1(F)CCN(S(=O)(=O)c2ccc(C(F)(F)F)cc2-c2ccccc2Cl)[C@H](C)C1. The van der Waals surface area contributed by atoms with E-state index in [-0.39, 0.29) is 16.1 Å². The second-order valence-electron chi connectivity index (χ2n) is 10.7. The van der Waals surface area contributed by atoms with Gasteiger partial charge in [0.15, 0.2) is 5.67 Å². The molecule has 2 saturated heterocycles. The molecule has 0 bridgehead atoms. The molecular formula is C28H28ClF6N3O4S. The zero-order valence-corrected chi connectivity index (χ0v) is 24.5. The summed E-state index contributed by atoms with van der Waals surface area (Å²) in [5.74, 6) is -4.68. The molecule has 2 heterocycles. The molecule has 1 N–H and O–H groups in total. The Balaban J connectivity index is 1.51. The van der Waals surface area contributed by atoms with Gasteiger partial charge in [0.1, 0.15) is 0 Å². The third-order valence-corrected chi connectivity index (χ3v) is 9.75. The Morgan fingerprint density at radius 3 is 2.33 bits per heavy atom. The van der Waals surface area contributed by atoms with Gasteiger partial charge in [-0.25, -0.2) is 21.6 Å². The van der Waals surface area contributed by atoms with E-state index in [9.17, 15) is 40.0 Å². The second-order valence-corrected chi connectivity index (χ2v) is 13.0. The molecule has 2 aliphatic rings. The van der Waals surface area contributed by atoms with Crippen molar-refractivity contribution in [3.05, 3.63) is 65.2 Å². The highest BCUT2D eigenvalue weighted by atomic mass is 35.5. The number of alkyl halides is 6. The normalized spacial score (nSPS) is 23.6. The molecule has 2 aliphatic heterocycles. The van der Waals surface area contributed by atoms with Gasteiger partial charge in [0.05, 0.1) is 23.5 Å². The molecule has 234 valence electrons. The van der Waals surface area contributed by atoms with Gasteiger partial charge in [-0.1, -0.05) is 35.9 Å². The van der Waals surface area contributed by atoms with Gasteiger partial charge in [0, 0.05) is 53.7 Å². The molecule has 0 aromatic heterocycles. The monoisotopic (exact) mass is 651 g/mol. The van der Waals surface area contributed by atoms with Gasteiger partial charge in [-0.05, 0) is 38.1 Å². The average molecular weight is 652 g/mol. The van der Waals surface area contributed by atoms with Crippen molar-refractivity contribution in [1.82, 2.24) is 14.5 Å². The summed E-state index contributed by atoms with van der Waals surface area (Å²) in [5, 5.41) is 2.42. The van der Waals surface area contributed by atoms with Gasteiger partial charge in [-0.2, -0.15) is 17.5 Å². The van der Waals surface area contributed by atoms with Crippen LogP contribution in [-0.4, -0.2) is 72.7 Å². The molecule has 3 atom stereocenters. The minimum atomic E-state index is -4.76. The van der Waals surface area contributed by atoms with Crippen molar-refractivity contribution >= 4 is 33.4 Å². The zero-order valence-electron chi connectivity index (χ0n) is 23.0. The van der Waals surface area contributed by atoms with Gasteiger partial charge in [0.25, 0.3) is 11.8 Å². The Morgan fingerprint density at radius 2 is 1.74 bits per heavy atom. The number of carbonyl (C=O) groups excluding carboxylic acids is 2. The van der Waals surface area contributed by atoms with Crippen LogP contribution in [0.3, 0.4) is 0 Å². The van der Waals surface area contributed by atoms with E-state index in [0.29, 0.717) is 12.1 Å². The van der Waals surface area contributed by atoms with E-state index in [0.717, 1.165) is 21.3 Å². The number of piperidine rings is 1. The number of benzene rings is 2. The second kappa shape index (κ2) is 11.8. The summed E-state index contributed by atoms with van der Waals surface area (Å²) < 4.78 is 111. The molecule has 7 nitrogen and oxygen atoms in total. The van der Waals surface area contributed by atoms with Crippen LogP contribution < -0.4 is 5.32 Å². The molecular weight excluding hydrogens is 624 g/mol. The number of rotatable bonds is 7. The number of halogens is 7. The van der Waals surface area contributed by atoms with Crippen molar-refractivity contribution in [2.45, 2.75) is 61.4 Å².